The van der Waals surface area contributed by atoms with Gasteiger partial charge in [0.2, 0.25) is 0 Å². The number of hydrogen-bond acceptors (Lipinski definition) is 2. The molecule has 3 nitrogen and oxygen atoms in total. The third kappa shape index (κ3) is 3.18. The first-order valence-electron chi connectivity index (χ1n) is 9.64. The summed E-state index contributed by atoms with van der Waals surface area (Å²) in [7, 11) is 0. The van der Waals surface area contributed by atoms with Crippen LogP contribution in [0.4, 0.5) is 4.39 Å². The van der Waals surface area contributed by atoms with Crippen molar-refractivity contribution in [3.05, 3.63) is 119 Å². The number of halogens is 1. The molecule has 144 valence electrons. The molecule has 0 radical (unpaired) electrons. The summed E-state index contributed by atoms with van der Waals surface area (Å²) in [6, 6.07) is 27.6. The summed E-state index contributed by atoms with van der Waals surface area (Å²) in [5.41, 5.74) is 1.59. The maximum absolute atomic E-state index is 14.1. The van der Waals surface area contributed by atoms with E-state index in [1.165, 1.54) is 6.07 Å². The number of fused-ring (bicyclic) bond motifs is 2. The Morgan fingerprint density at radius 3 is 2.37 bits per heavy atom. The van der Waals surface area contributed by atoms with Crippen molar-refractivity contribution >= 4 is 33.8 Å². The maximum Gasteiger partial charge on any atom is 0.266 e. The molecule has 5 rings (SSSR count). The van der Waals surface area contributed by atoms with Gasteiger partial charge in [-0.2, -0.15) is 0 Å². The van der Waals surface area contributed by atoms with Crippen molar-refractivity contribution in [3.63, 3.8) is 0 Å². The Hall–Kier alpha value is -4.05. The number of para-hydroxylation sites is 1. The zero-order valence-electron chi connectivity index (χ0n) is 16.0. The number of nitrogens with zero attached hydrogens (tertiary/aromatic N) is 2. The molecule has 0 bridgehead atoms. The van der Waals surface area contributed by atoms with Crippen molar-refractivity contribution in [3.8, 4) is 5.69 Å². The lowest BCUT2D eigenvalue weighted by Gasteiger charge is -2.12. The highest BCUT2D eigenvalue weighted by Crippen LogP contribution is 2.21. The van der Waals surface area contributed by atoms with E-state index in [-0.39, 0.29) is 11.4 Å². The fourth-order valence-corrected chi connectivity index (χ4v) is 3.60. The third-order valence-corrected chi connectivity index (χ3v) is 5.11. The number of hydrogen-bond donors (Lipinski definition) is 0. The standard InChI is InChI=1S/C26H17FN2O/c27-23-11-5-3-8-19(23)14-16-25-28-24-12-6-4-10-22(24)26(30)29(25)21-15-13-18-7-1-2-9-20(18)17-21/h1-17H/b16-14+. The van der Waals surface area contributed by atoms with Gasteiger partial charge < -0.3 is 0 Å². The Bertz CT molecular complexity index is 1480. The average molecular weight is 392 g/mol. The van der Waals surface area contributed by atoms with E-state index < -0.39 is 0 Å². The van der Waals surface area contributed by atoms with Crippen LogP contribution in [0.3, 0.4) is 0 Å². The van der Waals surface area contributed by atoms with Gasteiger partial charge in [0.1, 0.15) is 11.6 Å². The van der Waals surface area contributed by atoms with Gasteiger partial charge in [-0.3, -0.25) is 9.36 Å². The molecule has 5 aromatic rings. The van der Waals surface area contributed by atoms with Crippen LogP contribution in [0.15, 0.2) is 95.8 Å². The van der Waals surface area contributed by atoms with Crippen molar-refractivity contribution in [2.45, 2.75) is 0 Å². The van der Waals surface area contributed by atoms with E-state index in [0.29, 0.717) is 28.0 Å². The van der Waals surface area contributed by atoms with E-state index in [4.69, 9.17) is 4.98 Å². The molecule has 0 spiro atoms. The second kappa shape index (κ2) is 7.41. The van der Waals surface area contributed by atoms with Crippen LogP contribution < -0.4 is 5.56 Å². The van der Waals surface area contributed by atoms with Crippen LogP contribution in [-0.2, 0) is 0 Å². The zero-order valence-corrected chi connectivity index (χ0v) is 16.0. The lowest BCUT2D eigenvalue weighted by molar-refractivity contribution is 0.625. The molecule has 1 aromatic heterocycles. The molecule has 0 saturated heterocycles. The highest BCUT2D eigenvalue weighted by Gasteiger charge is 2.11. The first kappa shape index (κ1) is 18.0. The van der Waals surface area contributed by atoms with E-state index in [9.17, 15) is 9.18 Å². The number of rotatable bonds is 3. The van der Waals surface area contributed by atoms with Gasteiger partial charge >= 0.3 is 0 Å². The van der Waals surface area contributed by atoms with Crippen LogP contribution in [0.2, 0.25) is 0 Å². The number of benzene rings is 4. The SMILES string of the molecule is O=c1c2ccccc2nc(/C=C/c2ccccc2F)n1-c1ccc2ccccc2c1. The number of aromatic nitrogens is 2. The molecule has 30 heavy (non-hydrogen) atoms. The summed E-state index contributed by atoms with van der Waals surface area (Å²) in [4.78, 5) is 18.1. The van der Waals surface area contributed by atoms with Gasteiger partial charge in [0.25, 0.3) is 5.56 Å². The fourth-order valence-electron chi connectivity index (χ4n) is 3.60. The predicted octanol–water partition coefficient (Wildman–Crippen LogP) is 5.85. The molecule has 0 atom stereocenters. The minimum absolute atomic E-state index is 0.163. The van der Waals surface area contributed by atoms with E-state index in [0.717, 1.165) is 10.8 Å². The molecular formula is C26H17FN2O. The van der Waals surface area contributed by atoms with Crippen LogP contribution in [0, 0.1) is 5.82 Å². The highest BCUT2D eigenvalue weighted by molar-refractivity contribution is 5.85. The predicted molar refractivity (Wildman–Crippen MR) is 120 cm³/mol. The average Bonchev–Trinajstić information content (AvgIpc) is 2.78. The molecule has 0 amide bonds. The molecule has 0 aliphatic heterocycles. The van der Waals surface area contributed by atoms with Crippen molar-refractivity contribution in [2.24, 2.45) is 0 Å². The van der Waals surface area contributed by atoms with Gasteiger partial charge in [-0.05, 0) is 53.3 Å². The topological polar surface area (TPSA) is 34.9 Å². The first-order chi connectivity index (χ1) is 14.7. The summed E-state index contributed by atoms with van der Waals surface area (Å²) in [5.74, 6) is 0.117. The molecule has 0 saturated carbocycles. The quantitative estimate of drug-likeness (QED) is 0.386. The van der Waals surface area contributed by atoms with Crippen LogP contribution in [-0.4, -0.2) is 9.55 Å². The first-order valence-corrected chi connectivity index (χ1v) is 9.64. The summed E-state index contributed by atoms with van der Waals surface area (Å²) in [6.45, 7) is 0. The molecule has 0 fully saturated rings. The third-order valence-electron chi connectivity index (χ3n) is 5.11. The lowest BCUT2D eigenvalue weighted by Crippen LogP contribution is -2.22. The second-order valence-electron chi connectivity index (χ2n) is 7.01. The van der Waals surface area contributed by atoms with E-state index in [1.54, 1.807) is 41.0 Å². The Balaban J connectivity index is 1.76. The van der Waals surface area contributed by atoms with Crippen molar-refractivity contribution in [1.82, 2.24) is 9.55 Å². The smallest absolute Gasteiger partial charge is 0.266 e. The van der Waals surface area contributed by atoms with Gasteiger partial charge in [0, 0.05) is 5.56 Å². The Morgan fingerprint density at radius 2 is 1.50 bits per heavy atom. The largest absolute Gasteiger partial charge is 0.268 e. The molecular weight excluding hydrogens is 375 g/mol. The molecule has 1 heterocycles. The monoisotopic (exact) mass is 392 g/mol. The second-order valence-corrected chi connectivity index (χ2v) is 7.01. The Labute approximate surface area is 172 Å². The van der Waals surface area contributed by atoms with Crippen LogP contribution in [0.5, 0.6) is 0 Å². The van der Waals surface area contributed by atoms with Crippen LogP contribution >= 0.6 is 0 Å². The van der Waals surface area contributed by atoms with E-state index in [2.05, 4.69) is 0 Å². The molecule has 4 aromatic carbocycles. The normalized spacial score (nSPS) is 11.5. The summed E-state index contributed by atoms with van der Waals surface area (Å²) in [6.07, 6.45) is 3.32. The molecule has 0 unspecified atom stereocenters. The zero-order chi connectivity index (χ0) is 20.5. The van der Waals surface area contributed by atoms with Gasteiger partial charge in [-0.15, -0.1) is 0 Å². The molecule has 4 heteroatoms. The highest BCUT2D eigenvalue weighted by atomic mass is 19.1. The maximum atomic E-state index is 14.1. The van der Waals surface area contributed by atoms with Crippen LogP contribution in [0.25, 0.3) is 39.5 Å². The van der Waals surface area contributed by atoms with Gasteiger partial charge in [-0.1, -0.05) is 60.7 Å². The fraction of sp³-hybridized carbons (Fsp3) is 0. The summed E-state index contributed by atoms with van der Waals surface area (Å²) < 4.78 is 15.7. The van der Waals surface area contributed by atoms with Gasteiger partial charge in [0.05, 0.1) is 16.6 Å². The summed E-state index contributed by atoms with van der Waals surface area (Å²) in [5, 5.41) is 2.65. The van der Waals surface area contributed by atoms with Crippen molar-refractivity contribution in [1.29, 1.82) is 0 Å². The minimum atomic E-state index is -0.325. The van der Waals surface area contributed by atoms with Crippen molar-refractivity contribution in [2.75, 3.05) is 0 Å². The summed E-state index contributed by atoms with van der Waals surface area (Å²) >= 11 is 0. The Morgan fingerprint density at radius 1 is 0.767 bits per heavy atom. The van der Waals surface area contributed by atoms with Crippen LogP contribution in [0.1, 0.15) is 11.4 Å². The van der Waals surface area contributed by atoms with Crippen molar-refractivity contribution < 1.29 is 4.39 Å². The van der Waals surface area contributed by atoms with E-state index >= 15 is 0 Å². The lowest BCUT2D eigenvalue weighted by atomic mass is 10.1. The molecule has 0 aliphatic rings. The van der Waals surface area contributed by atoms with E-state index in [1.807, 2.05) is 60.7 Å². The molecule has 0 aliphatic carbocycles. The van der Waals surface area contributed by atoms with Gasteiger partial charge in [0.15, 0.2) is 0 Å². The minimum Gasteiger partial charge on any atom is -0.268 e. The molecule has 0 N–H and O–H groups in total. The van der Waals surface area contributed by atoms with Gasteiger partial charge in [-0.25, -0.2) is 9.37 Å². The Kier molecular flexibility index (Phi) is 4.45.